The van der Waals surface area contributed by atoms with Crippen molar-refractivity contribution in [3.8, 4) is 0 Å². The van der Waals surface area contributed by atoms with Gasteiger partial charge in [-0.05, 0) is 25.5 Å². The van der Waals surface area contributed by atoms with Crippen LogP contribution in [0, 0.1) is 0 Å². The van der Waals surface area contributed by atoms with Gasteiger partial charge in [0, 0.05) is 12.7 Å². The lowest BCUT2D eigenvalue weighted by molar-refractivity contribution is -0.0446. The zero-order valence-corrected chi connectivity index (χ0v) is 11.6. The molecule has 2 heterocycles. The molecule has 1 N–H and O–H groups in total. The number of rotatable bonds is 3. The van der Waals surface area contributed by atoms with Crippen molar-refractivity contribution < 1.29 is 19.4 Å². The van der Waals surface area contributed by atoms with Crippen LogP contribution in [-0.4, -0.2) is 52.2 Å². The van der Waals surface area contributed by atoms with Crippen molar-refractivity contribution in [1.29, 1.82) is 0 Å². The van der Waals surface area contributed by atoms with E-state index in [9.17, 15) is 9.59 Å². The van der Waals surface area contributed by atoms with Crippen LogP contribution in [0.3, 0.4) is 0 Å². The zero-order chi connectivity index (χ0) is 14.7. The Morgan fingerprint density at radius 2 is 2.30 bits per heavy atom. The molecule has 1 aromatic heterocycles. The number of carboxylic acid groups (broad SMARTS) is 1. The molecular weight excluding hydrogens is 260 g/mol. The van der Waals surface area contributed by atoms with E-state index in [1.54, 1.807) is 4.90 Å². The lowest BCUT2D eigenvalue weighted by Gasteiger charge is -2.38. The molecule has 0 aliphatic carbocycles. The summed E-state index contributed by atoms with van der Waals surface area (Å²) in [4.78, 5) is 29.4. The van der Waals surface area contributed by atoms with Crippen LogP contribution in [-0.2, 0) is 4.74 Å². The number of carboxylic acids is 1. The molecule has 6 nitrogen and oxygen atoms in total. The second kappa shape index (κ2) is 6.00. The van der Waals surface area contributed by atoms with Gasteiger partial charge in [-0.25, -0.2) is 4.79 Å². The fraction of sp³-hybridized carbons (Fsp3) is 0.500. The Morgan fingerprint density at radius 1 is 1.55 bits per heavy atom. The van der Waals surface area contributed by atoms with E-state index in [0.29, 0.717) is 13.2 Å². The summed E-state index contributed by atoms with van der Waals surface area (Å²) in [5.74, 6) is -1.49. The van der Waals surface area contributed by atoms with Gasteiger partial charge in [-0.3, -0.25) is 9.78 Å². The van der Waals surface area contributed by atoms with Crippen molar-refractivity contribution in [2.75, 3.05) is 13.2 Å². The Labute approximate surface area is 117 Å². The minimum Gasteiger partial charge on any atom is -0.478 e. The molecule has 1 aromatic rings. The van der Waals surface area contributed by atoms with E-state index in [0.717, 1.165) is 6.42 Å². The highest BCUT2D eigenvalue weighted by Crippen LogP contribution is 2.18. The summed E-state index contributed by atoms with van der Waals surface area (Å²) in [6, 6.07) is 2.87. The Bertz CT molecular complexity index is 518. The Balaban J connectivity index is 2.32. The molecule has 6 heteroatoms. The van der Waals surface area contributed by atoms with E-state index >= 15 is 0 Å². The predicted molar refractivity (Wildman–Crippen MR) is 71.7 cm³/mol. The summed E-state index contributed by atoms with van der Waals surface area (Å²) in [5, 5.41) is 9.15. The highest BCUT2D eigenvalue weighted by atomic mass is 16.5. The quantitative estimate of drug-likeness (QED) is 0.904. The van der Waals surface area contributed by atoms with E-state index in [1.807, 2.05) is 13.8 Å². The maximum absolute atomic E-state index is 12.6. The SMILES string of the molecule is CCC1COC(C)CN1C(=O)c1ncccc1C(=O)O. The normalized spacial score (nSPS) is 22.6. The van der Waals surface area contributed by atoms with E-state index in [1.165, 1.54) is 18.3 Å². The van der Waals surface area contributed by atoms with Crippen molar-refractivity contribution in [2.45, 2.75) is 32.4 Å². The van der Waals surface area contributed by atoms with Crippen molar-refractivity contribution in [3.05, 3.63) is 29.6 Å². The molecule has 1 aliphatic rings. The summed E-state index contributed by atoms with van der Waals surface area (Å²) in [7, 11) is 0. The molecule has 2 atom stereocenters. The van der Waals surface area contributed by atoms with Gasteiger partial charge in [-0.2, -0.15) is 0 Å². The second-order valence-corrected chi connectivity index (χ2v) is 4.87. The van der Waals surface area contributed by atoms with Gasteiger partial charge in [0.1, 0.15) is 5.69 Å². The van der Waals surface area contributed by atoms with Crippen LogP contribution in [0.25, 0.3) is 0 Å². The first-order valence-electron chi connectivity index (χ1n) is 6.65. The third-order valence-corrected chi connectivity index (χ3v) is 3.44. The predicted octanol–water partition coefficient (Wildman–Crippen LogP) is 1.42. The van der Waals surface area contributed by atoms with Gasteiger partial charge in [0.05, 0.1) is 24.3 Å². The molecule has 0 saturated carbocycles. The van der Waals surface area contributed by atoms with Crippen LogP contribution in [0.4, 0.5) is 0 Å². The number of carbonyl (C=O) groups excluding carboxylic acids is 1. The van der Waals surface area contributed by atoms with Crippen LogP contribution in [0.5, 0.6) is 0 Å². The summed E-state index contributed by atoms with van der Waals surface area (Å²) in [5.41, 5.74) is -0.0703. The van der Waals surface area contributed by atoms with E-state index in [2.05, 4.69) is 4.98 Å². The molecule has 1 amide bonds. The number of aromatic nitrogens is 1. The fourth-order valence-corrected chi connectivity index (χ4v) is 2.32. The molecule has 0 radical (unpaired) electrons. The monoisotopic (exact) mass is 278 g/mol. The lowest BCUT2D eigenvalue weighted by atomic mass is 10.1. The molecule has 1 fully saturated rings. The number of hydrogen-bond acceptors (Lipinski definition) is 4. The van der Waals surface area contributed by atoms with Crippen LogP contribution in [0.1, 0.15) is 41.1 Å². The van der Waals surface area contributed by atoms with Crippen molar-refractivity contribution in [2.24, 2.45) is 0 Å². The lowest BCUT2D eigenvalue weighted by Crippen LogP contribution is -2.51. The van der Waals surface area contributed by atoms with Gasteiger partial charge in [0.15, 0.2) is 0 Å². The number of morpholine rings is 1. The molecular formula is C14H18N2O4. The summed E-state index contributed by atoms with van der Waals surface area (Å²) in [6.45, 7) is 4.79. The molecule has 1 aliphatic heterocycles. The first-order valence-corrected chi connectivity index (χ1v) is 6.65. The maximum Gasteiger partial charge on any atom is 0.338 e. The van der Waals surface area contributed by atoms with E-state index in [4.69, 9.17) is 9.84 Å². The number of hydrogen-bond donors (Lipinski definition) is 1. The van der Waals surface area contributed by atoms with E-state index < -0.39 is 5.97 Å². The fourth-order valence-electron chi connectivity index (χ4n) is 2.32. The number of nitrogens with zero attached hydrogens (tertiary/aromatic N) is 2. The minimum absolute atomic E-state index is 0.00690. The van der Waals surface area contributed by atoms with Crippen molar-refractivity contribution in [3.63, 3.8) is 0 Å². The summed E-state index contributed by atoms with van der Waals surface area (Å²) >= 11 is 0. The van der Waals surface area contributed by atoms with E-state index in [-0.39, 0.29) is 29.3 Å². The molecule has 108 valence electrons. The topological polar surface area (TPSA) is 79.7 Å². The largest absolute Gasteiger partial charge is 0.478 e. The first-order chi connectivity index (χ1) is 9.54. The molecule has 0 bridgehead atoms. The average Bonchev–Trinajstić information content (AvgIpc) is 2.46. The molecule has 20 heavy (non-hydrogen) atoms. The van der Waals surface area contributed by atoms with Crippen LogP contribution in [0.2, 0.25) is 0 Å². The van der Waals surface area contributed by atoms with Gasteiger partial charge in [-0.1, -0.05) is 6.92 Å². The van der Waals surface area contributed by atoms with Crippen LogP contribution < -0.4 is 0 Å². The number of amides is 1. The molecule has 2 unspecified atom stereocenters. The zero-order valence-electron chi connectivity index (χ0n) is 11.6. The highest BCUT2D eigenvalue weighted by molar-refractivity contribution is 6.03. The van der Waals surface area contributed by atoms with Gasteiger partial charge in [-0.15, -0.1) is 0 Å². The summed E-state index contributed by atoms with van der Waals surface area (Å²) < 4.78 is 5.54. The molecule has 1 saturated heterocycles. The van der Waals surface area contributed by atoms with Gasteiger partial charge in [0.25, 0.3) is 5.91 Å². The number of ether oxygens (including phenoxy) is 1. The second-order valence-electron chi connectivity index (χ2n) is 4.87. The Hall–Kier alpha value is -1.95. The average molecular weight is 278 g/mol. The smallest absolute Gasteiger partial charge is 0.338 e. The van der Waals surface area contributed by atoms with Crippen molar-refractivity contribution in [1.82, 2.24) is 9.88 Å². The van der Waals surface area contributed by atoms with Crippen LogP contribution >= 0.6 is 0 Å². The number of carbonyl (C=O) groups is 2. The first kappa shape index (κ1) is 14.5. The molecule has 0 aromatic carbocycles. The molecule has 2 rings (SSSR count). The van der Waals surface area contributed by atoms with Crippen LogP contribution in [0.15, 0.2) is 18.3 Å². The van der Waals surface area contributed by atoms with Gasteiger partial charge < -0.3 is 14.7 Å². The van der Waals surface area contributed by atoms with Crippen molar-refractivity contribution >= 4 is 11.9 Å². The molecule has 0 spiro atoms. The minimum atomic E-state index is -1.14. The highest BCUT2D eigenvalue weighted by Gasteiger charge is 2.32. The number of aromatic carboxylic acids is 1. The third kappa shape index (κ3) is 2.80. The summed E-state index contributed by atoms with van der Waals surface area (Å²) in [6.07, 6.45) is 2.14. The van der Waals surface area contributed by atoms with Gasteiger partial charge in [0.2, 0.25) is 0 Å². The standard InChI is InChI=1S/C14H18N2O4/c1-3-10-8-20-9(2)7-16(10)13(17)12-11(14(18)19)5-4-6-15-12/h4-6,9-10H,3,7-8H2,1-2H3,(H,18,19). The Kier molecular flexibility index (Phi) is 4.34. The maximum atomic E-state index is 12.6. The van der Waals surface area contributed by atoms with Gasteiger partial charge >= 0.3 is 5.97 Å². The third-order valence-electron chi connectivity index (χ3n) is 3.44. The number of pyridine rings is 1. The Morgan fingerprint density at radius 3 is 2.95 bits per heavy atom.